The van der Waals surface area contributed by atoms with E-state index >= 15 is 0 Å². The summed E-state index contributed by atoms with van der Waals surface area (Å²) < 4.78 is 0. The van der Waals surface area contributed by atoms with Crippen LogP contribution in [0.15, 0.2) is 193 Å². The second-order valence-corrected chi connectivity index (χ2v) is 16.6. The van der Waals surface area contributed by atoms with Gasteiger partial charge >= 0.3 is 0 Å². The van der Waals surface area contributed by atoms with E-state index in [1.54, 1.807) is 0 Å². The minimum atomic E-state index is -0.401. The van der Waals surface area contributed by atoms with Gasteiger partial charge in [-0.2, -0.15) is 0 Å². The molecule has 1 radical (unpaired) electrons. The molecule has 3 heteroatoms. The molecule has 0 bridgehead atoms. The zero-order valence-electron chi connectivity index (χ0n) is 33.6. The van der Waals surface area contributed by atoms with Gasteiger partial charge in [0.05, 0.1) is 11.1 Å². The molecule has 1 N–H and O–H groups in total. The molecule has 1 atom stereocenters. The van der Waals surface area contributed by atoms with E-state index in [9.17, 15) is 0 Å². The highest BCUT2D eigenvalue weighted by Crippen LogP contribution is 2.57. The number of nitrogens with one attached hydrogen (secondary N) is 1. The van der Waals surface area contributed by atoms with Crippen molar-refractivity contribution in [1.82, 2.24) is 0 Å². The summed E-state index contributed by atoms with van der Waals surface area (Å²) >= 11 is 0. The number of nitrogens with zero attached hydrogens (tertiary/aromatic N) is 1. The van der Waals surface area contributed by atoms with E-state index in [0.717, 1.165) is 25.7 Å². The Kier molecular flexibility index (Phi) is 8.84. The van der Waals surface area contributed by atoms with Crippen LogP contribution in [0.5, 0.6) is 0 Å². The fourth-order valence-electron chi connectivity index (χ4n) is 10.5. The van der Waals surface area contributed by atoms with Crippen LogP contribution < -0.4 is 21.1 Å². The summed E-state index contributed by atoms with van der Waals surface area (Å²) in [7, 11) is 2.46. The summed E-state index contributed by atoms with van der Waals surface area (Å²) in [6.07, 6.45) is 13.9. The van der Waals surface area contributed by atoms with Gasteiger partial charge in [-0.15, -0.1) is 0 Å². The number of para-hydroxylation sites is 2. The molecular weight excluding hydrogens is 711 g/mol. The number of benzene rings is 7. The van der Waals surface area contributed by atoms with E-state index in [1.807, 2.05) is 0 Å². The summed E-state index contributed by atoms with van der Waals surface area (Å²) in [6, 6.07) is 60.9. The minimum Gasteiger partial charge on any atom is -0.354 e. The highest BCUT2D eigenvalue weighted by atomic mass is 15.2. The maximum Gasteiger partial charge on any atom is 0.197 e. The summed E-state index contributed by atoms with van der Waals surface area (Å²) in [6.45, 7) is 2.26. The third-order valence-electron chi connectivity index (χ3n) is 13.1. The van der Waals surface area contributed by atoms with Crippen LogP contribution in [0.1, 0.15) is 66.3 Å². The van der Waals surface area contributed by atoms with E-state index in [0.29, 0.717) is 0 Å². The van der Waals surface area contributed by atoms with Gasteiger partial charge < -0.3 is 10.2 Å². The number of rotatable bonds is 6. The van der Waals surface area contributed by atoms with Crippen LogP contribution in [0.4, 0.5) is 22.7 Å². The molecule has 0 spiro atoms. The molecule has 7 aromatic rings. The molecule has 59 heavy (non-hydrogen) atoms. The molecule has 0 saturated heterocycles. The maximum atomic E-state index is 4.07. The Balaban J connectivity index is 1.14. The Morgan fingerprint density at radius 3 is 2.08 bits per heavy atom. The number of anilines is 4. The van der Waals surface area contributed by atoms with Crippen LogP contribution in [0, 0.1) is 6.92 Å². The minimum absolute atomic E-state index is 0.401. The molecule has 0 fully saturated rings. The highest BCUT2D eigenvalue weighted by Gasteiger charge is 2.46. The van der Waals surface area contributed by atoms with Crippen LogP contribution in [-0.4, -0.2) is 7.28 Å². The number of hydrogen-bond donors (Lipinski definition) is 1. The van der Waals surface area contributed by atoms with Crippen molar-refractivity contribution in [2.24, 2.45) is 0 Å². The van der Waals surface area contributed by atoms with Gasteiger partial charge in [0.2, 0.25) is 0 Å². The first-order valence-electron chi connectivity index (χ1n) is 21.4. The van der Waals surface area contributed by atoms with Gasteiger partial charge in [0.25, 0.3) is 0 Å². The number of fused-ring (bicyclic) bond motifs is 4. The standard InChI is InChI=1S/C56H46BN2/c1-38-35-47(46-25-16-27-49-55(46)58-51-28-15-14-26-48(51)56(49,43-21-10-4-11-22-43)44-23-12-5-13-24-44)54-53(36-38)59(45-32-29-41(30-33-45)39-17-6-2-7-18-39)52-34-31-42(37-50(52)57-54)40-19-8-3-9-20-40/h2-4,6-11,14-23,25-29,31-32,34-37,58H,5,12-13,24,30,33H2,1H3. The van der Waals surface area contributed by atoms with E-state index in [4.69, 9.17) is 0 Å². The Bertz CT molecular complexity index is 2830. The summed E-state index contributed by atoms with van der Waals surface area (Å²) in [4.78, 5) is 2.56. The largest absolute Gasteiger partial charge is 0.354 e. The summed E-state index contributed by atoms with van der Waals surface area (Å²) in [5.74, 6) is 0. The van der Waals surface area contributed by atoms with E-state index in [-0.39, 0.29) is 0 Å². The molecule has 2 aliphatic carbocycles. The maximum absolute atomic E-state index is 4.07. The van der Waals surface area contributed by atoms with E-state index < -0.39 is 5.41 Å². The first-order chi connectivity index (χ1) is 29.2. The second kappa shape index (κ2) is 14.7. The molecule has 0 saturated carbocycles. The van der Waals surface area contributed by atoms with Crippen molar-refractivity contribution in [2.75, 3.05) is 10.2 Å². The average Bonchev–Trinajstić information content (AvgIpc) is 3.31. The first-order valence-corrected chi connectivity index (χ1v) is 21.4. The Morgan fingerprint density at radius 1 is 0.576 bits per heavy atom. The molecule has 2 heterocycles. The molecule has 0 aromatic heterocycles. The lowest BCUT2D eigenvalue weighted by Crippen LogP contribution is -2.43. The van der Waals surface area contributed by atoms with Crippen molar-refractivity contribution >= 4 is 46.5 Å². The van der Waals surface area contributed by atoms with Crippen LogP contribution >= 0.6 is 0 Å². The van der Waals surface area contributed by atoms with E-state index in [2.05, 4.69) is 206 Å². The Labute approximate surface area is 349 Å². The Morgan fingerprint density at radius 2 is 1.32 bits per heavy atom. The van der Waals surface area contributed by atoms with Gasteiger partial charge in [-0.05, 0) is 125 Å². The molecule has 7 aromatic carbocycles. The summed E-state index contributed by atoms with van der Waals surface area (Å²) in [5.41, 5.74) is 22.6. The van der Waals surface area contributed by atoms with Gasteiger partial charge in [-0.25, -0.2) is 0 Å². The normalized spacial score (nSPS) is 17.8. The van der Waals surface area contributed by atoms with Crippen molar-refractivity contribution in [3.63, 3.8) is 0 Å². The van der Waals surface area contributed by atoms with Crippen LogP contribution in [0.25, 0.3) is 27.8 Å². The first kappa shape index (κ1) is 35.6. The lowest BCUT2D eigenvalue weighted by Gasteiger charge is -2.45. The fourth-order valence-corrected chi connectivity index (χ4v) is 10.5. The highest BCUT2D eigenvalue weighted by molar-refractivity contribution is 6.73. The zero-order valence-corrected chi connectivity index (χ0v) is 33.6. The molecular formula is C56H46BN2. The lowest BCUT2D eigenvalue weighted by molar-refractivity contribution is 0.603. The predicted molar refractivity (Wildman–Crippen MR) is 250 cm³/mol. The second-order valence-electron chi connectivity index (χ2n) is 16.6. The van der Waals surface area contributed by atoms with Crippen molar-refractivity contribution in [3.05, 3.63) is 221 Å². The molecule has 0 amide bonds. The molecule has 1 unspecified atom stereocenters. The van der Waals surface area contributed by atoms with Gasteiger partial charge in [-0.1, -0.05) is 169 Å². The van der Waals surface area contributed by atoms with Gasteiger partial charge in [0.15, 0.2) is 7.28 Å². The number of hydrogen-bond acceptors (Lipinski definition) is 2. The molecule has 4 aliphatic rings. The molecule has 283 valence electrons. The predicted octanol–water partition coefficient (Wildman–Crippen LogP) is 13.1. The third kappa shape index (κ3) is 5.94. The van der Waals surface area contributed by atoms with Crippen molar-refractivity contribution in [3.8, 4) is 22.3 Å². The fraction of sp³-hybridized carbons (Fsp3) is 0.143. The van der Waals surface area contributed by atoms with Crippen molar-refractivity contribution in [1.29, 1.82) is 0 Å². The molecule has 2 nitrogen and oxygen atoms in total. The van der Waals surface area contributed by atoms with Gasteiger partial charge in [-0.3, -0.25) is 0 Å². The van der Waals surface area contributed by atoms with Crippen molar-refractivity contribution < 1.29 is 0 Å². The van der Waals surface area contributed by atoms with Gasteiger partial charge in [0, 0.05) is 28.3 Å². The van der Waals surface area contributed by atoms with E-state index in [1.165, 1.54) is 113 Å². The SMILES string of the molecule is Cc1cc(-c2cccc3c2Nc2ccccc2C3(C2=CCCCC2)c2ccccc2)c2c(c1)N(C1=CC=C(c3ccccc3)CC1)c1ccc(-c3ccccc3)cc1[B]2. The molecule has 2 aliphatic heterocycles. The molecule has 11 rings (SSSR count). The number of aryl methyl sites for hydroxylation is 1. The van der Waals surface area contributed by atoms with Gasteiger partial charge in [0.1, 0.15) is 0 Å². The number of allylic oxidation sites excluding steroid dienone is 6. The zero-order chi connectivity index (χ0) is 39.3. The average molecular weight is 758 g/mol. The Hall–Kier alpha value is -6.58. The quantitative estimate of drug-likeness (QED) is 0.134. The van der Waals surface area contributed by atoms with Crippen LogP contribution in [0.2, 0.25) is 0 Å². The van der Waals surface area contributed by atoms with Crippen LogP contribution in [0.3, 0.4) is 0 Å². The monoisotopic (exact) mass is 757 g/mol. The smallest absolute Gasteiger partial charge is 0.197 e. The third-order valence-corrected chi connectivity index (χ3v) is 13.1. The van der Waals surface area contributed by atoms with Crippen molar-refractivity contribution in [2.45, 2.75) is 50.9 Å². The lowest BCUT2D eigenvalue weighted by atomic mass is 9.57. The van der Waals surface area contributed by atoms with Crippen LogP contribution in [-0.2, 0) is 5.41 Å². The summed E-state index contributed by atoms with van der Waals surface area (Å²) in [5, 5.41) is 4.07. The topological polar surface area (TPSA) is 15.3 Å².